The minimum Gasteiger partial charge on any atom is -0.494 e. The molecule has 1 saturated heterocycles. The molecule has 7 heteroatoms. The molecular weight excluding hydrogens is 360 g/mol. The number of hydrogen-bond acceptors (Lipinski definition) is 5. The zero-order chi connectivity index (χ0) is 19.0. The van der Waals surface area contributed by atoms with Gasteiger partial charge in [-0.25, -0.2) is 4.98 Å². The zero-order valence-corrected chi connectivity index (χ0v) is 16.9. The number of nitrogens with zero attached hydrogens (tertiary/aromatic N) is 3. The Kier molecular flexibility index (Phi) is 5.06. The van der Waals surface area contributed by atoms with Crippen LogP contribution >= 0.6 is 11.3 Å². The molecule has 0 unspecified atom stereocenters. The molecule has 2 N–H and O–H groups in total. The van der Waals surface area contributed by atoms with Gasteiger partial charge in [-0.15, -0.1) is 5.10 Å². The summed E-state index contributed by atoms with van der Waals surface area (Å²) in [5.41, 5.74) is 1.19. The van der Waals surface area contributed by atoms with Crippen molar-refractivity contribution >= 4 is 16.3 Å². The fourth-order valence-electron chi connectivity index (χ4n) is 3.95. The summed E-state index contributed by atoms with van der Waals surface area (Å²) in [6.07, 6.45) is 2.42. The topological polar surface area (TPSA) is 64.1 Å². The minimum absolute atomic E-state index is 0.0852. The van der Waals surface area contributed by atoms with Gasteiger partial charge in [-0.3, -0.25) is 0 Å². The second-order valence-corrected chi connectivity index (χ2v) is 8.43. The Bertz CT molecular complexity index is 910. The van der Waals surface area contributed by atoms with E-state index in [1.807, 2.05) is 26.0 Å². The summed E-state index contributed by atoms with van der Waals surface area (Å²) in [4.78, 5) is 7.64. The molecule has 1 aromatic carbocycles. The molecule has 1 atom stereocenters. The maximum Gasteiger partial charge on any atom is 0.235 e. The number of quaternary nitrogens is 1. The first-order valence-corrected chi connectivity index (χ1v) is 10.5. The van der Waals surface area contributed by atoms with Crippen molar-refractivity contribution in [2.24, 2.45) is 5.92 Å². The molecule has 4 rings (SSSR count). The van der Waals surface area contributed by atoms with Crippen LogP contribution in [-0.2, 0) is 0 Å². The molecule has 0 radical (unpaired) electrons. The lowest BCUT2D eigenvalue weighted by Gasteiger charge is -2.33. The Morgan fingerprint density at radius 2 is 2.00 bits per heavy atom. The number of hydrogen-bond donors (Lipinski definition) is 2. The summed E-state index contributed by atoms with van der Waals surface area (Å²) in [7, 11) is 0. The van der Waals surface area contributed by atoms with Gasteiger partial charge in [0.1, 0.15) is 16.5 Å². The highest BCUT2D eigenvalue weighted by molar-refractivity contribution is 7.17. The maximum absolute atomic E-state index is 10.9. The molecule has 3 heterocycles. The van der Waals surface area contributed by atoms with Crippen LogP contribution < -0.4 is 9.64 Å². The third-order valence-electron chi connectivity index (χ3n) is 5.42. The Morgan fingerprint density at radius 3 is 2.63 bits per heavy atom. The molecule has 1 fully saturated rings. The van der Waals surface area contributed by atoms with Crippen molar-refractivity contribution in [2.45, 2.75) is 39.7 Å². The van der Waals surface area contributed by atoms with Crippen LogP contribution in [0.2, 0.25) is 0 Å². The number of benzene rings is 1. The second kappa shape index (κ2) is 7.48. The Hall–Kier alpha value is -2.12. The normalized spacial score (nSPS) is 21.4. The molecular formula is C20H27N4O2S+. The number of aromatic nitrogens is 3. The van der Waals surface area contributed by atoms with Gasteiger partial charge >= 0.3 is 0 Å². The molecule has 1 aliphatic heterocycles. The van der Waals surface area contributed by atoms with Crippen molar-refractivity contribution in [1.29, 1.82) is 0 Å². The summed E-state index contributed by atoms with van der Waals surface area (Å²) >= 11 is 1.54. The summed E-state index contributed by atoms with van der Waals surface area (Å²) < 4.78 is 7.17. The fraction of sp³-hybridized carbons (Fsp3) is 0.500. The average molecular weight is 388 g/mol. The molecule has 0 aliphatic carbocycles. The van der Waals surface area contributed by atoms with E-state index >= 15 is 0 Å². The third-order valence-corrected chi connectivity index (χ3v) is 6.50. The van der Waals surface area contributed by atoms with Gasteiger partial charge in [-0.05, 0) is 56.9 Å². The van der Waals surface area contributed by atoms with Gasteiger partial charge in [-0.1, -0.05) is 18.3 Å². The van der Waals surface area contributed by atoms with Crippen molar-refractivity contribution in [3.63, 3.8) is 0 Å². The van der Waals surface area contributed by atoms with Crippen molar-refractivity contribution < 1.29 is 14.7 Å². The van der Waals surface area contributed by atoms with Crippen LogP contribution in [0.15, 0.2) is 24.3 Å². The van der Waals surface area contributed by atoms with Crippen LogP contribution in [0.25, 0.3) is 4.96 Å². The second-order valence-electron chi connectivity index (χ2n) is 7.42. The predicted octanol–water partition coefficient (Wildman–Crippen LogP) is 2.61. The highest BCUT2D eigenvalue weighted by Crippen LogP contribution is 2.35. The standard InChI is InChI=1S/C20H26N4O2S/c1-4-26-16-7-5-15(6-8-16)17(23-11-9-13(2)10-12-23)18-19(25)24-20(27-18)21-14(3)22-24/h5-8,13,17,25H,4,9-12H2,1-3H3/p+1/t17-/m0/s1. The highest BCUT2D eigenvalue weighted by Gasteiger charge is 2.34. The number of ether oxygens (including phenoxy) is 1. The van der Waals surface area contributed by atoms with Crippen molar-refractivity contribution in [2.75, 3.05) is 19.7 Å². The maximum atomic E-state index is 10.9. The summed E-state index contributed by atoms with van der Waals surface area (Å²) in [5, 5.41) is 15.2. The van der Waals surface area contributed by atoms with Gasteiger partial charge in [-0.2, -0.15) is 4.52 Å². The lowest BCUT2D eigenvalue weighted by molar-refractivity contribution is -0.931. The number of aryl methyl sites for hydroxylation is 1. The molecule has 2 aromatic heterocycles. The predicted molar refractivity (Wildman–Crippen MR) is 106 cm³/mol. The van der Waals surface area contributed by atoms with E-state index in [4.69, 9.17) is 4.74 Å². The van der Waals surface area contributed by atoms with Gasteiger partial charge < -0.3 is 14.7 Å². The molecule has 3 aromatic rings. The molecule has 1 aliphatic rings. The van der Waals surface area contributed by atoms with Crippen LogP contribution in [0.5, 0.6) is 11.6 Å². The van der Waals surface area contributed by atoms with E-state index in [2.05, 4.69) is 29.1 Å². The number of rotatable bonds is 5. The highest BCUT2D eigenvalue weighted by atomic mass is 32.1. The van der Waals surface area contributed by atoms with E-state index in [1.54, 1.807) is 15.9 Å². The van der Waals surface area contributed by atoms with Crippen LogP contribution in [0.4, 0.5) is 0 Å². The fourth-order valence-corrected chi connectivity index (χ4v) is 5.14. The number of nitrogens with one attached hydrogen (secondary N) is 1. The van der Waals surface area contributed by atoms with Crippen LogP contribution in [0.3, 0.4) is 0 Å². The minimum atomic E-state index is 0.0852. The summed E-state index contributed by atoms with van der Waals surface area (Å²) in [5.74, 6) is 2.55. The third kappa shape index (κ3) is 3.53. The van der Waals surface area contributed by atoms with Gasteiger partial charge in [0.05, 0.1) is 19.7 Å². The summed E-state index contributed by atoms with van der Waals surface area (Å²) in [6.45, 7) is 9.03. The van der Waals surface area contributed by atoms with Crippen molar-refractivity contribution in [1.82, 2.24) is 14.6 Å². The molecule has 6 nitrogen and oxygen atoms in total. The quantitative estimate of drug-likeness (QED) is 0.706. The van der Waals surface area contributed by atoms with Crippen LogP contribution in [0, 0.1) is 12.8 Å². The molecule has 0 saturated carbocycles. The average Bonchev–Trinajstić information content (AvgIpc) is 3.16. The monoisotopic (exact) mass is 387 g/mol. The van der Waals surface area contributed by atoms with Crippen LogP contribution in [0.1, 0.15) is 49.0 Å². The molecule has 144 valence electrons. The Labute approximate surface area is 163 Å². The van der Waals surface area contributed by atoms with Crippen molar-refractivity contribution in [3.8, 4) is 11.6 Å². The molecule has 27 heavy (non-hydrogen) atoms. The number of fused-ring (bicyclic) bond motifs is 1. The van der Waals surface area contributed by atoms with E-state index in [9.17, 15) is 5.11 Å². The van der Waals surface area contributed by atoms with E-state index in [0.29, 0.717) is 12.4 Å². The lowest BCUT2D eigenvalue weighted by Crippen LogP contribution is -3.13. The zero-order valence-electron chi connectivity index (χ0n) is 16.1. The van der Waals surface area contributed by atoms with E-state index < -0.39 is 0 Å². The van der Waals surface area contributed by atoms with Gasteiger partial charge in [0, 0.05) is 5.56 Å². The van der Waals surface area contributed by atoms with Crippen molar-refractivity contribution in [3.05, 3.63) is 40.5 Å². The Balaban J connectivity index is 1.74. The number of aromatic hydroxyl groups is 1. The first-order valence-electron chi connectivity index (χ1n) is 9.69. The van der Waals surface area contributed by atoms with E-state index in [1.165, 1.54) is 23.3 Å². The smallest absolute Gasteiger partial charge is 0.235 e. The van der Waals surface area contributed by atoms with Gasteiger partial charge in [0.15, 0.2) is 6.04 Å². The lowest BCUT2D eigenvalue weighted by atomic mass is 9.95. The Morgan fingerprint density at radius 1 is 1.30 bits per heavy atom. The number of thiazole rings is 1. The van der Waals surface area contributed by atoms with Gasteiger partial charge in [0.25, 0.3) is 0 Å². The van der Waals surface area contributed by atoms with E-state index in [-0.39, 0.29) is 11.9 Å². The molecule has 0 amide bonds. The number of likely N-dealkylation sites (tertiary alicyclic amines) is 1. The molecule has 0 spiro atoms. The number of piperidine rings is 1. The molecule has 0 bridgehead atoms. The van der Waals surface area contributed by atoms with Gasteiger partial charge in [0.2, 0.25) is 10.8 Å². The largest absolute Gasteiger partial charge is 0.494 e. The van der Waals surface area contributed by atoms with Crippen LogP contribution in [-0.4, -0.2) is 39.4 Å². The van der Waals surface area contributed by atoms with E-state index in [0.717, 1.165) is 34.6 Å². The first kappa shape index (κ1) is 18.3. The SMILES string of the molecule is CCOc1ccc([C@@H](c2sc3nc(C)nn3c2O)[NH+]2CCC(C)CC2)cc1. The summed E-state index contributed by atoms with van der Waals surface area (Å²) in [6, 6.07) is 8.39. The first-order chi connectivity index (χ1) is 13.1.